The van der Waals surface area contributed by atoms with Crippen molar-refractivity contribution in [3.63, 3.8) is 0 Å². The Kier molecular flexibility index (Phi) is 5.23. The molecule has 3 aromatic rings. The van der Waals surface area contributed by atoms with E-state index in [1.54, 1.807) is 7.11 Å². The second-order valence-electron chi connectivity index (χ2n) is 5.26. The van der Waals surface area contributed by atoms with Crippen molar-refractivity contribution in [2.45, 2.75) is 6.61 Å². The van der Waals surface area contributed by atoms with Gasteiger partial charge in [0.05, 0.1) is 23.3 Å². The van der Waals surface area contributed by atoms with Gasteiger partial charge in [0.25, 0.3) is 5.69 Å². The minimum atomic E-state index is -0.557. The molecule has 8 heteroatoms. The minimum Gasteiger partial charge on any atom is -0.497 e. The van der Waals surface area contributed by atoms with E-state index in [-0.39, 0.29) is 23.6 Å². The number of ether oxygens (including phenoxy) is 2. The second-order valence-corrected chi connectivity index (χ2v) is 6.12. The summed E-state index contributed by atoms with van der Waals surface area (Å²) < 4.78 is 10.7. The molecule has 132 valence electrons. The van der Waals surface area contributed by atoms with Gasteiger partial charge in [0.15, 0.2) is 6.29 Å². The Morgan fingerprint density at radius 3 is 2.65 bits per heavy atom. The van der Waals surface area contributed by atoms with E-state index >= 15 is 0 Å². The molecule has 0 fully saturated rings. The van der Waals surface area contributed by atoms with Gasteiger partial charge in [0.1, 0.15) is 23.1 Å². The zero-order valence-corrected chi connectivity index (χ0v) is 14.6. The molecule has 0 saturated heterocycles. The molecule has 3 rings (SSSR count). The summed E-state index contributed by atoms with van der Waals surface area (Å²) in [6, 6.07) is 11.5. The summed E-state index contributed by atoms with van der Waals surface area (Å²) in [4.78, 5) is 25.8. The summed E-state index contributed by atoms with van der Waals surface area (Å²) in [5, 5.41) is 13.5. The highest BCUT2D eigenvalue weighted by atomic mass is 32.1. The van der Waals surface area contributed by atoms with E-state index in [1.165, 1.54) is 29.5 Å². The standard InChI is InChI=1S/C18H14N2O5S/c1-24-16-5-2-12(3-6-16)18-19-14(11-26-18)10-25-17-7-4-15(20(22)23)8-13(17)9-21/h2-9,11H,10H2,1H3. The Hall–Kier alpha value is -3.26. The zero-order valence-electron chi connectivity index (χ0n) is 13.7. The van der Waals surface area contributed by atoms with Crippen LogP contribution in [0.25, 0.3) is 10.6 Å². The summed E-state index contributed by atoms with van der Waals surface area (Å²) in [7, 11) is 1.61. The Labute approximate surface area is 153 Å². The summed E-state index contributed by atoms with van der Waals surface area (Å²) in [5.41, 5.74) is 1.64. The zero-order chi connectivity index (χ0) is 18.5. The molecule has 0 unspecified atom stereocenters. The Morgan fingerprint density at radius 1 is 1.23 bits per heavy atom. The summed E-state index contributed by atoms with van der Waals surface area (Å²) in [6.07, 6.45) is 0.534. The second kappa shape index (κ2) is 7.75. The normalized spacial score (nSPS) is 10.3. The Balaban J connectivity index is 1.71. The molecule has 2 aromatic carbocycles. The molecular weight excluding hydrogens is 356 g/mol. The number of rotatable bonds is 7. The van der Waals surface area contributed by atoms with Crippen LogP contribution in [0.5, 0.6) is 11.5 Å². The first kappa shape index (κ1) is 17.6. The Bertz CT molecular complexity index is 937. The van der Waals surface area contributed by atoms with Crippen LogP contribution in [0.3, 0.4) is 0 Å². The fraction of sp³-hybridized carbons (Fsp3) is 0.111. The molecule has 0 saturated carbocycles. The van der Waals surface area contributed by atoms with Crippen molar-refractivity contribution in [2.75, 3.05) is 7.11 Å². The third-order valence-corrected chi connectivity index (χ3v) is 4.54. The predicted octanol–water partition coefficient (Wildman–Crippen LogP) is 4.12. The molecule has 0 spiro atoms. The maximum atomic E-state index is 11.1. The van der Waals surface area contributed by atoms with Crippen LogP contribution in [0.2, 0.25) is 0 Å². The van der Waals surface area contributed by atoms with E-state index in [0.717, 1.165) is 16.3 Å². The number of benzene rings is 2. The van der Waals surface area contributed by atoms with E-state index in [0.29, 0.717) is 12.0 Å². The third kappa shape index (κ3) is 3.86. The number of non-ortho nitro benzene ring substituents is 1. The van der Waals surface area contributed by atoms with Crippen LogP contribution in [0.4, 0.5) is 5.69 Å². The summed E-state index contributed by atoms with van der Waals surface area (Å²) >= 11 is 1.48. The van der Waals surface area contributed by atoms with Gasteiger partial charge in [-0.25, -0.2) is 4.98 Å². The fourth-order valence-electron chi connectivity index (χ4n) is 2.26. The molecule has 0 N–H and O–H groups in total. The van der Waals surface area contributed by atoms with Crippen LogP contribution >= 0.6 is 11.3 Å². The monoisotopic (exact) mass is 370 g/mol. The van der Waals surface area contributed by atoms with Crippen LogP contribution < -0.4 is 9.47 Å². The van der Waals surface area contributed by atoms with Crippen LogP contribution in [-0.2, 0) is 6.61 Å². The molecular formula is C18H14N2O5S. The van der Waals surface area contributed by atoms with E-state index in [4.69, 9.17) is 9.47 Å². The molecule has 7 nitrogen and oxygen atoms in total. The molecule has 1 heterocycles. The molecule has 26 heavy (non-hydrogen) atoms. The van der Waals surface area contributed by atoms with Crippen LogP contribution in [-0.4, -0.2) is 23.3 Å². The smallest absolute Gasteiger partial charge is 0.270 e. The number of hydrogen-bond acceptors (Lipinski definition) is 7. The van der Waals surface area contributed by atoms with Gasteiger partial charge in [-0.3, -0.25) is 14.9 Å². The average molecular weight is 370 g/mol. The molecule has 1 aromatic heterocycles. The number of carbonyl (C=O) groups is 1. The average Bonchev–Trinajstić information content (AvgIpc) is 3.15. The van der Waals surface area contributed by atoms with Crippen LogP contribution in [0.15, 0.2) is 47.8 Å². The van der Waals surface area contributed by atoms with Crippen LogP contribution in [0.1, 0.15) is 16.1 Å². The van der Waals surface area contributed by atoms with Gasteiger partial charge in [-0.05, 0) is 30.3 Å². The van der Waals surface area contributed by atoms with E-state index in [9.17, 15) is 14.9 Å². The number of nitro benzene ring substituents is 1. The summed E-state index contributed by atoms with van der Waals surface area (Å²) in [6.45, 7) is 0.158. The first-order valence-corrected chi connectivity index (χ1v) is 8.44. The quantitative estimate of drug-likeness (QED) is 0.353. The number of methoxy groups -OCH3 is 1. The highest BCUT2D eigenvalue weighted by Crippen LogP contribution is 2.27. The summed E-state index contributed by atoms with van der Waals surface area (Å²) in [5.74, 6) is 1.05. The molecule has 0 atom stereocenters. The van der Waals surface area contributed by atoms with Gasteiger partial charge < -0.3 is 9.47 Å². The molecule has 0 aliphatic heterocycles. The maximum absolute atomic E-state index is 11.1. The van der Waals surface area contributed by atoms with Crippen molar-refractivity contribution < 1.29 is 19.2 Å². The predicted molar refractivity (Wildman–Crippen MR) is 96.9 cm³/mol. The van der Waals surface area contributed by atoms with Crippen molar-refractivity contribution in [3.05, 3.63) is 69.2 Å². The highest BCUT2D eigenvalue weighted by Gasteiger charge is 2.12. The van der Waals surface area contributed by atoms with Crippen molar-refractivity contribution >= 4 is 23.3 Å². The minimum absolute atomic E-state index is 0.129. The maximum Gasteiger partial charge on any atom is 0.270 e. The molecule has 0 aliphatic carbocycles. The first-order chi connectivity index (χ1) is 12.6. The molecule has 0 aliphatic rings. The molecule has 0 radical (unpaired) electrons. The topological polar surface area (TPSA) is 91.6 Å². The van der Waals surface area contributed by atoms with Crippen molar-refractivity contribution in [2.24, 2.45) is 0 Å². The number of hydrogen-bond donors (Lipinski definition) is 0. The lowest BCUT2D eigenvalue weighted by molar-refractivity contribution is -0.384. The lowest BCUT2D eigenvalue weighted by atomic mass is 10.2. The first-order valence-electron chi connectivity index (χ1n) is 7.56. The van der Waals surface area contributed by atoms with Gasteiger partial charge in [-0.15, -0.1) is 11.3 Å². The molecule has 0 amide bonds. The van der Waals surface area contributed by atoms with Crippen molar-refractivity contribution in [3.8, 4) is 22.1 Å². The van der Waals surface area contributed by atoms with Crippen molar-refractivity contribution in [1.82, 2.24) is 4.98 Å². The largest absolute Gasteiger partial charge is 0.497 e. The van der Waals surface area contributed by atoms with Crippen molar-refractivity contribution in [1.29, 1.82) is 0 Å². The van der Waals surface area contributed by atoms with E-state index < -0.39 is 4.92 Å². The number of aldehydes is 1. The number of nitro groups is 1. The van der Waals surface area contributed by atoms with Gasteiger partial charge in [0, 0.05) is 23.1 Å². The Morgan fingerprint density at radius 2 is 2.00 bits per heavy atom. The highest BCUT2D eigenvalue weighted by molar-refractivity contribution is 7.13. The van der Waals surface area contributed by atoms with Gasteiger partial charge in [-0.1, -0.05) is 0 Å². The third-order valence-electron chi connectivity index (χ3n) is 3.60. The van der Waals surface area contributed by atoms with Gasteiger partial charge >= 0.3 is 0 Å². The SMILES string of the molecule is COc1ccc(-c2nc(COc3ccc([N+](=O)[O-])cc3C=O)cs2)cc1. The lowest BCUT2D eigenvalue weighted by Crippen LogP contribution is -1.99. The number of aromatic nitrogens is 1. The van der Waals surface area contributed by atoms with Crippen LogP contribution in [0, 0.1) is 10.1 Å². The van der Waals surface area contributed by atoms with E-state index in [2.05, 4.69) is 4.98 Å². The lowest BCUT2D eigenvalue weighted by Gasteiger charge is -2.06. The fourth-order valence-corrected chi connectivity index (χ4v) is 3.07. The number of carbonyl (C=O) groups excluding carboxylic acids is 1. The van der Waals surface area contributed by atoms with Gasteiger partial charge in [-0.2, -0.15) is 0 Å². The number of thiazole rings is 1. The molecule has 0 bridgehead atoms. The van der Waals surface area contributed by atoms with Gasteiger partial charge in [0.2, 0.25) is 0 Å². The van der Waals surface area contributed by atoms with E-state index in [1.807, 2.05) is 29.6 Å². The number of nitrogens with zero attached hydrogens (tertiary/aromatic N) is 2.